The van der Waals surface area contributed by atoms with E-state index in [-0.39, 0.29) is 24.7 Å². The van der Waals surface area contributed by atoms with Crippen molar-refractivity contribution < 1.29 is 14.6 Å². The van der Waals surface area contributed by atoms with Crippen LogP contribution in [-0.2, 0) is 4.74 Å². The second kappa shape index (κ2) is 5.86. The zero-order chi connectivity index (χ0) is 10.4. The van der Waals surface area contributed by atoms with Crippen molar-refractivity contribution in [2.45, 2.75) is 38.6 Å². The van der Waals surface area contributed by atoms with Crippen molar-refractivity contribution in [2.75, 3.05) is 13.2 Å². The molecular weight excluding hydrogens is 182 g/mol. The third-order valence-corrected chi connectivity index (χ3v) is 2.72. The van der Waals surface area contributed by atoms with Gasteiger partial charge < -0.3 is 15.2 Å². The van der Waals surface area contributed by atoms with Gasteiger partial charge in [-0.25, -0.2) is 4.79 Å². The van der Waals surface area contributed by atoms with E-state index >= 15 is 0 Å². The number of aliphatic hydroxyl groups excluding tert-OH is 1. The van der Waals surface area contributed by atoms with Crippen LogP contribution in [0.2, 0.25) is 0 Å². The van der Waals surface area contributed by atoms with Gasteiger partial charge in [0.25, 0.3) is 0 Å². The van der Waals surface area contributed by atoms with Crippen molar-refractivity contribution in [1.82, 2.24) is 5.32 Å². The summed E-state index contributed by atoms with van der Waals surface area (Å²) in [6.07, 6.45) is 3.84. The Morgan fingerprint density at radius 1 is 1.50 bits per heavy atom. The molecule has 0 spiro atoms. The number of amides is 1. The van der Waals surface area contributed by atoms with Crippen LogP contribution in [0, 0.1) is 5.92 Å². The number of hydrogen-bond acceptors (Lipinski definition) is 3. The van der Waals surface area contributed by atoms with E-state index in [1.807, 2.05) is 0 Å². The number of ether oxygens (including phenoxy) is 1. The number of aliphatic hydroxyl groups is 1. The first-order valence-electron chi connectivity index (χ1n) is 5.32. The van der Waals surface area contributed by atoms with Crippen LogP contribution >= 0.6 is 0 Å². The summed E-state index contributed by atoms with van der Waals surface area (Å²) in [4.78, 5) is 11.2. The Kier molecular flexibility index (Phi) is 4.73. The fraction of sp³-hybridized carbons (Fsp3) is 0.900. The smallest absolute Gasteiger partial charge is 0.407 e. The minimum atomic E-state index is -0.363. The van der Waals surface area contributed by atoms with Gasteiger partial charge in [-0.2, -0.15) is 0 Å². The van der Waals surface area contributed by atoms with E-state index in [9.17, 15) is 4.79 Å². The molecule has 1 aliphatic rings. The Bertz CT molecular complexity index is 184. The maximum Gasteiger partial charge on any atom is 0.407 e. The summed E-state index contributed by atoms with van der Waals surface area (Å²) >= 11 is 0. The van der Waals surface area contributed by atoms with E-state index in [1.165, 1.54) is 0 Å². The molecule has 1 saturated carbocycles. The molecule has 0 aromatic rings. The summed E-state index contributed by atoms with van der Waals surface area (Å²) in [5, 5.41) is 11.9. The van der Waals surface area contributed by atoms with Gasteiger partial charge in [0.05, 0.1) is 6.61 Å². The molecule has 14 heavy (non-hydrogen) atoms. The van der Waals surface area contributed by atoms with E-state index in [1.54, 1.807) is 6.92 Å². The van der Waals surface area contributed by atoms with Crippen LogP contribution in [-0.4, -0.2) is 30.5 Å². The number of nitrogens with one attached hydrogen (secondary N) is 1. The van der Waals surface area contributed by atoms with Crippen LogP contribution in [0.15, 0.2) is 0 Å². The summed E-state index contributed by atoms with van der Waals surface area (Å²) in [7, 11) is 0. The molecule has 0 radical (unpaired) electrons. The first-order valence-corrected chi connectivity index (χ1v) is 5.32. The highest BCUT2D eigenvalue weighted by Crippen LogP contribution is 2.23. The Balaban J connectivity index is 2.36. The minimum Gasteiger partial charge on any atom is -0.450 e. The summed E-state index contributed by atoms with van der Waals surface area (Å²) in [5.74, 6) is 0.202. The van der Waals surface area contributed by atoms with Crippen molar-refractivity contribution >= 4 is 6.09 Å². The molecule has 1 aliphatic carbocycles. The number of carbonyl (C=O) groups is 1. The van der Waals surface area contributed by atoms with Gasteiger partial charge in [-0.05, 0) is 19.8 Å². The normalized spacial score (nSPS) is 27.0. The van der Waals surface area contributed by atoms with Crippen LogP contribution in [0.4, 0.5) is 4.79 Å². The highest BCUT2D eigenvalue weighted by molar-refractivity contribution is 5.67. The van der Waals surface area contributed by atoms with E-state index in [0.717, 1.165) is 25.7 Å². The molecule has 0 aromatic carbocycles. The molecule has 1 rings (SSSR count). The standard InChI is InChI=1S/C10H19NO3/c1-2-14-10(13)11-9-6-4-3-5-8(9)7-12/h8-9,12H,2-7H2,1H3,(H,11,13). The van der Waals surface area contributed by atoms with Crippen LogP contribution in [0.1, 0.15) is 32.6 Å². The summed E-state index contributed by atoms with van der Waals surface area (Å²) in [6, 6.07) is 0.0906. The van der Waals surface area contributed by atoms with Gasteiger partial charge in [0, 0.05) is 18.6 Å². The Hall–Kier alpha value is -0.770. The molecular formula is C10H19NO3. The van der Waals surface area contributed by atoms with Crippen LogP contribution in [0.5, 0.6) is 0 Å². The number of carbonyl (C=O) groups excluding carboxylic acids is 1. The number of alkyl carbamates (subject to hydrolysis) is 1. The van der Waals surface area contributed by atoms with E-state index in [0.29, 0.717) is 6.61 Å². The Morgan fingerprint density at radius 3 is 2.86 bits per heavy atom. The van der Waals surface area contributed by atoms with Crippen LogP contribution < -0.4 is 5.32 Å². The average molecular weight is 201 g/mol. The molecule has 2 N–H and O–H groups in total. The predicted octanol–water partition coefficient (Wildman–Crippen LogP) is 1.28. The van der Waals surface area contributed by atoms with Crippen molar-refractivity contribution in [3.63, 3.8) is 0 Å². The summed E-state index contributed by atoms with van der Waals surface area (Å²) in [5.41, 5.74) is 0. The lowest BCUT2D eigenvalue weighted by Gasteiger charge is -2.30. The predicted molar refractivity (Wildman–Crippen MR) is 53.0 cm³/mol. The van der Waals surface area contributed by atoms with Gasteiger partial charge >= 0.3 is 6.09 Å². The molecule has 0 heterocycles. The molecule has 2 unspecified atom stereocenters. The van der Waals surface area contributed by atoms with Gasteiger partial charge in [0.1, 0.15) is 0 Å². The van der Waals surface area contributed by atoms with Gasteiger partial charge in [0.2, 0.25) is 0 Å². The van der Waals surface area contributed by atoms with E-state index in [2.05, 4.69) is 5.32 Å². The molecule has 1 fully saturated rings. The fourth-order valence-electron chi connectivity index (χ4n) is 1.94. The molecule has 0 saturated heterocycles. The maximum atomic E-state index is 11.2. The van der Waals surface area contributed by atoms with Crippen molar-refractivity contribution in [2.24, 2.45) is 5.92 Å². The first-order chi connectivity index (χ1) is 6.77. The lowest BCUT2D eigenvalue weighted by molar-refractivity contribution is 0.121. The Labute approximate surface area is 84.6 Å². The van der Waals surface area contributed by atoms with Crippen LogP contribution in [0.25, 0.3) is 0 Å². The highest BCUT2D eigenvalue weighted by atomic mass is 16.5. The molecule has 4 nitrogen and oxygen atoms in total. The zero-order valence-corrected chi connectivity index (χ0v) is 8.66. The average Bonchev–Trinajstić information content (AvgIpc) is 2.19. The van der Waals surface area contributed by atoms with Crippen molar-refractivity contribution in [1.29, 1.82) is 0 Å². The molecule has 4 heteroatoms. The topological polar surface area (TPSA) is 58.6 Å². The second-order valence-corrected chi connectivity index (χ2v) is 3.70. The lowest BCUT2D eigenvalue weighted by Crippen LogP contribution is -2.43. The van der Waals surface area contributed by atoms with E-state index < -0.39 is 0 Å². The first kappa shape index (κ1) is 11.3. The monoisotopic (exact) mass is 201 g/mol. The third-order valence-electron chi connectivity index (χ3n) is 2.72. The van der Waals surface area contributed by atoms with Crippen molar-refractivity contribution in [3.8, 4) is 0 Å². The van der Waals surface area contributed by atoms with Crippen molar-refractivity contribution in [3.05, 3.63) is 0 Å². The number of hydrogen-bond donors (Lipinski definition) is 2. The molecule has 1 amide bonds. The van der Waals surface area contributed by atoms with Gasteiger partial charge in [-0.1, -0.05) is 12.8 Å². The van der Waals surface area contributed by atoms with Crippen LogP contribution in [0.3, 0.4) is 0 Å². The summed E-state index contributed by atoms with van der Waals surface area (Å²) in [6.45, 7) is 2.32. The maximum absolute atomic E-state index is 11.2. The zero-order valence-electron chi connectivity index (χ0n) is 8.66. The lowest BCUT2D eigenvalue weighted by atomic mass is 9.85. The quantitative estimate of drug-likeness (QED) is 0.723. The largest absolute Gasteiger partial charge is 0.450 e. The SMILES string of the molecule is CCOC(=O)NC1CCCCC1CO. The van der Waals surface area contributed by atoms with Gasteiger partial charge in [0.15, 0.2) is 0 Å². The molecule has 82 valence electrons. The molecule has 2 atom stereocenters. The third kappa shape index (κ3) is 3.18. The highest BCUT2D eigenvalue weighted by Gasteiger charge is 2.25. The molecule has 0 aromatic heterocycles. The Morgan fingerprint density at radius 2 is 2.21 bits per heavy atom. The number of rotatable bonds is 3. The second-order valence-electron chi connectivity index (χ2n) is 3.70. The van der Waals surface area contributed by atoms with Gasteiger partial charge in [-0.15, -0.1) is 0 Å². The molecule has 0 bridgehead atoms. The minimum absolute atomic E-state index is 0.0906. The molecule has 0 aliphatic heterocycles. The van der Waals surface area contributed by atoms with E-state index in [4.69, 9.17) is 9.84 Å². The summed E-state index contributed by atoms with van der Waals surface area (Å²) < 4.78 is 4.81. The van der Waals surface area contributed by atoms with Gasteiger partial charge in [-0.3, -0.25) is 0 Å². The fourth-order valence-corrected chi connectivity index (χ4v) is 1.94.